The van der Waals surface area contributed by atoms with Crippen LogP contribution in [0, 0.1) is 12.8 Å². The Morgan fingerprint density at radius 2 is 2.00 bits per heavy atom. The largest absolute Gasteiger partial charge is 0.344 e. The van der Waals surface area contributed by atoms with Crippen molar-refractivity contribution in [3.63, 3.8) is 0 Å². The fourth-order valence-electron chi connectivity index (χ4n) is 3.16. The summed E-state index contributed by atoms with van der Waals surface area (Å²) in [7, 11) is 0. The molecule has 0 bridgehead atoms. The molecule has 0 aliphatic carbocycles. The molecule has 0 aromatic heterocycles. The Morgan fingerprint density at radius 3 is 2.65 bits per heavy atom. The van der Waals surface area contributed by atoms with E-state index in [0.29, 0.717) is 6.54 Å². The second kappa shape index (κ2) is 7.79. The summed E-state index contributed by atoms with van der Waals surface area (Å²) in [5.41, 5.74) is 2.09. The minimum Gasteiger partial charge on any atom is -0.344 e. The number of nitrogens with zero attached hydrogens (tertiary/aromatic N) is 1. The average Bonchev–Trinajstić information content (AvgIpc) is 3.05. The Bertz CT molecular complexity index is 555. The van der Waals surface area contributed by atoms with Crippen LogP contribution in [-0.4, -0.2) is 37.5 Å². The molecule has 126 valence electrons. The minimum absolute atomic E-state index is 0. The van der Waals surface area contributed by atoms with E-state index in [2.05, 4.69) is 10.6 Å². The van der Waals surface area contributed by atoms with Gasteiger partial charge in [0, 0.05) is 18.8 Å². The first kappa shape index (κ1) is 17.8. The maximum atomic E-state index is 12.7. The Balaban J connectivity index is 0.00000192. The highest BCUT2D eigenvalue weighted by atomic mass is 35.5. The van der Waals surface area contributed by atoms with Gasteiger partial charge >= 0.3 is 0 Å². The van der Waals surface area contributed by atoms with Gasteiger partial charge in [0.05, 0.1) is 5.92 Å². The SMILES string of the molecule is Cc1ccc(N2CCCC(NC(=O)C3CCNC3)C2=O)cc1.Cl. The van der Waals surface area contributed by atoms with E-state index in [1.807, 2.05) is 31.2 Å². The molecule has 0 radical (unpaired) electrons. The Hall–Kier alpha value is -1.59. The quantitative estimate of drug-likeness (QED) is 0.881. The molecule has 2 amide bonds. The Kier molecular flexibility index (Phi) is 6.02. The van der Waals surface area contributed by atoms with E-state index in [1.165, 1.54) is 5.56 Å². The summed E-state index contributed by atoms with van der Waals surface area (Å²) in [6, 6.07) is 7.57. The second-order valence-electron chi connectivity index (χ2n) is 6.22. The van der Waals surface area contributed by atoms with Crippen molar-refractivity contribution in [3.05, 3.63) is 29.8 Å². The number of aryl methyl sites for hydroxylation is 1. The summed E-state index contributed by atoms with van der Waals surface area (Å²) in [5, 5.41) is 6.14. The number of carbonyl (C=O) groups excluding carboxylic acids is 2. The first-order valence-corrected chi connectivity index (χ1v) is 8.04. The number of halogens is 1. The molecular weight excluding hydrogens is 314 g/mol. The van der Waals surface area contributed by atoms with E-state index in [1.54, 1.807) is 4.90 Å². The van der Waals surface area contributed by atoms with Crippen molar-refractivity contribution in [2.24, 2.45) is 5.92 Å². The number of rotatable bonds is 3. The molecule has 2 fully saturated rings. The molecule has 2 heterocycles. The van der Waals surface area contributed by atoms with E-state index in [-0.39, 0.29) is 36.2 Å². The van der Waals surface area contributed by atoms with Crippen LogP contribution in [0.4, 0.5) is 5.69 Å². The van der Waals surface area contributed by atoms with Crippen molar-refractivity contribution in [1.29, 1.82) is 0 Å². The average molecular weight is 338 g/mol. The number of benzene rings is 1. The molecule has 2 atom stereocenters. The van der Waals surface area contributed by atoms with Crippen molar-refractivity contribution in [3.8, 4) is 0 Å². The highest BCUT2D eigenvalue weighted by Gasteiger charge is 2.33. The van der Waals surface area contributed by atoms with Crippen LogP contribution in [0.2, 0.25) is 0 Å². The van der Waals surface area contributed by atoms with Crippen LogP contribution in [0.15, 0.2) is 24.3 Å². The number of amides is 2. The highest BCUT2D eigenvalue weighted by molar-refractivity contribution is 6.00. The molecule has 2 saturated heterocycles. The molecule has 1 aromatic carbocycles. The molecule has 2 aliphatic heterocycles. The molecule has 2 N–H and O–H groups in total. The molecule has 2 unspecified atom stereocenters. The Morgan fingerprint density at radius 1 is 1.26 bits per heavy atom. The molecule has 3 rings (SSSR count). The van der Waals surface area contributed by atoms with Crippen molar-refractivity contribution < 1.29 is 9.59 Å². The third kappa shape index (κ3) is 4.03. The van der Waals surface area contributed by atoms with Crippen LogP contribution in [-0.2, 0) is 9.59 Å². The van der Waals surface area contributed by atoms with Gasteiger partial charge < -0.3 is 15.5 Å². The third-order valence-electron chi connectivity index (χ3n) is 4.53. The molecule has 6 heteroatoms. The summed E-state index contributed by atoms with van der Waals surface area (Å²) in [4.78, 5) is 26.7. The lowest BCUT2D eigenvalue weighted by molar-refractivity contribution is -0.130. The standard InChI is InChI=1S/C17H23N3O2.ClH/c1-12-4-6-14(7-5-12)20-10-2-3-15(17(20)22)19-16(21)13-8-9-18-11-13;/h4-7,13,15,18H,2-3,8-11H2,1H3,(H,19,21);1H. The fourth-order valence-corrected chi connectivity index (χ4v) is 3.16. The minimum atomic E-state index is -0.386. The van der Waals surface area contributed by atoms with Gasteiger partial charge in [-0.3, -0.25) is 9.59 Å². The van der Waals surface area contributed by atoms with Gasteiger partial charge in [-0.2, -0.15) is 0 Å². The van der Waals surface area contributed by atoms with Gasteiger partial charge in [0.2, 0.25) is 11.8 Å². The van der Waals surface area contributed by atoms with E-state index in [0.717, 1.165) is 38.0 Å². The topological polar surface area (TPSA) is 61.4 Å². The fraction of sp³-hybridized carbons (Fsp3) is 0.529. The molecular formula is C17H24ClN3O2. The predicted molar refractivity (Wildman–Crippen MR) is 92.9 cm³/mol. The number of hydrogen-bond donors (Lipinski definition) is 2. The number of carbonyl (C=O) groups is 2. The van der Waals surface area contributed by atoms with Crippen molar-refractivity contribution in [2.75, 3.05) is 24.5 Å². The summed E-state index contributed by atoms with van der Waals surface area (Å²) >= 11 is 0. The zero-order valence-corrected chi connectivity index (χ0v) is 14.2. The van der Waals surface area contributed by atoms with Gasteiger partial charge in [0.1, 0.15) is 6.04 Å². The maximum Gasteiger partial charge on any atom is 0.249 e. The summed E-state index contributed by atoms with van der Waals surface area (Å²) in [6.07, 6.45) is 2.50. The summed E-state index contributed by atoms with van der Waals surface area (Å²) in [6.45, 7) is 4.35. The maximum absolute atomic E-state index is 12.7. The van der Waals surface area contributed by atoms with Gasteiger partial charge in [-0.15, -0.1) is 12.4 Å². The zero-order chi connectivity index (χ0) is 15.5. The van der Waals surface area contributed by atoms with E-state index < -0.39 is 0 Å². The summed E-state index contributed by atoms with van der Waals surface area (Å²) in [5.74, 6) is 0.0195. The number of piperidine rings is 1. The lowest BCUT2D eigenvalue weighted by Crippen LogP contribution is -2.53. The van der Waals surface area contributed by atoms with Crippen LogP contribution >= 0.6 is 12.4 Å². The van der Waals surface area contributed by atoms with E-state index in [9.17, 15) is 9.59 Å². The van der Waals surface area contributed by atoms with Gasteiger partial charge in [0.15, 0.2) is 0 Å². The molecule has 5 nitrogen and oxygen atoms in total. The molecule has 23 heavy (non-hydrogen) atoms. The number of hydrogen-bond acceptors (Lipinski definition) is 3. The molecule has 0 saturated carbocycles. The normalized spacial score (nSPS) is 24.2. The summed E-state index contributed by atoms with van der Waals surface area (Å²) < 4.78 is 0. The monoisotopic (exact) mass is 337 g/mol. The Labute approximate surface area is 143 Å². The number of nitrogens with one attached hydrogen (secondary N) is 2. The second-order valence-corrected chi connectivity index (χ2v) is 6.22. The lowest BCUT2D eigenvalue weighted by atomic mass is 10.0. The van der Waals surface area contributed by atoms with Crippen molar-refractivity contribution >= 4 is 29.9 Å². The van der Waals surface area contributed by atoms with Crippen LogP contribution in [0.3, 0.4) is 0 Å². The van der Waals surface area contributed by atoms with Crippen molar-refractivity contribution in [2.45, 2.75) is 32.2 Å². The van der Waals surface area contributed by atoms with Gasteiger partial charge in [-0.05, 0) is 44.9 Å². The van der Waals surface area contributed by atoms with Gasteiger partial charge in [0.25, 0.3) is 0 Å². The van der Waals surface area contributed by atoms with Crippen LogP contribution in [0.5, 0.6) is 0 Å². The molecule has 2 aliphatic rings. The third-order valence-corrected chi connectivity index (χ3v) is 4.53. The van der Waals surface area contributed by atoms with Crippen LogP contribution < -0.4 is 15.5 Å². The molecule has 1 aromatic rings. The smallest absolute Gasteiger partial charge is 0.249 e. The van der Waals surface area contributed by atoms with E-state index >= 15 is 0 Å². The first-order chi connectivity index (χ1) is 10.6. The first-order valence-electron chi connectivity index (χ1n) is 8.04. The van der Waals surface area contributed by atoms with E-state index in [4.69, 9.17) is 0 Å². The zero-order valence-electron chi connectivity index (χ0n) is 13.4. The van der Waals surface area contributed by atoms with Crippen molar-refractivity contribution in [1.82, 2.24) is 10.6 Å². The van der Waals surface area contributed by atoms with Crippen LogP contribution in [0.25, 0.3) is 0 Å². The van der Waals surface area contributed by atoms with Gasteiger partial charge in [-0.1, -0.05) is 17.7 Å². The highest BCUT2D eigenvalue weighted by Crippen LogP contribution is 2.22. The van der Waals surface area contributed by atoms with Crippen LogP contribution in [0.1, 0.15) is 24.8 Å². The molecule has 0 spiro atoms. The van der Waals surface area contributed by atoms with Gasteiger partial charge in [-0.25, -0.2) is 0 Å². The predicted octanol–water partition coefficient (Wildman–Crippen LogP) is 1.64. The number of anilines is 1. The lowest BCUT2D eigenvalue weighted by Gasteiger charge is -2.33.